The van der Waals surface area contributed by atoms with Crippen molar-refractivity contribution in [3.8, 4) is 11.3 Å². The third-order valence-corrected chi connectivity index (χ3v) is 4.65. The minimum Gasteiger partial charge on any atom is -0.478 e. The van der Waals surface area contributed by atoms with Crippen LogP contribution >= 0.6 is 27.5 Å². The first-order valence-corrected chi connectivity index (χ1v) is 8.80. The minimum atomic E-state index is -1.02. The van der Waals surface area contributed by atoms with Gasteiger partial charge in [0.25, 0.3) is 0 Å². The van der Waals surface area contributed by atoms with Gasteiger partial charge in [-0.05, 0) is 55.0 Å². The molecular weight excluding hydrogens is 420 g/mol. The summed E-state index contributed by atoms with van der Waals surface area (Å²) in [6, 6.07) is 13.9. The van der Waals surface area contributed by atoms with Crippen molar-refractivity contribution in [3.05, 3.63) is 74.9 Å². The maximum Gasteiger partial charge on any atom is 0.336 e. The number of carboxylic acids is 1. The molecule has 0 radical (unpaired) electrons. The highest BCUT2D eigenvalue weighted by Gasteiger charge is 2.15. The lowest BCUT2D eigenvalue weighted by atomic mass is 10.1. The zero-order valence-electron chi connectivity index (χ0n) is 13.7. The van der Waals surface area contributed by atoms with Crippen LogP contribution in [-0.4, -0.2) is 17.3 Å². The normalized spacial score (nSPS) is 11.0. The number of carboxylic acid groups (broad SMARTS) is 1. The van der Waals surface area contributed by atoms with Crippen LogP contribution in [0.15, 0.2) is 62.5 Å². The van der Waals surface area contributed by atoms with Gasteiger partial charge in [-0.25, -0.2) is 4.79 Å². The average Bonchev–Trinajstić information content (AvgIpc) is 3.07. The summed E-state index contributed by atoms with van der Waals surface area (Å²) in [6.07, 6.45) is 1.52. The zero-order valence-corrected chi connectivity index (χ0v) is 16.0. The van der Waals surface area contributed by atoms with E-state index >= 15 is 0 Å². The lowest BCUT2D eigenvalue weighted by Crippen LogP contribution is -1.99. The number of furan rings is 1. The highest BCUT2D eigenvalue weighted by atomic mass is 79.9. The van der Waals surface area contributed by atoms with Crippen LogP contribution in [0.4, 0.5) is 5.69 Å². The van der Waals surface area contributed by atoms with Crippen molar-refractivity contribution in [2.75, 3.05) is 5.43 Å². The van der Waals surface area contributed by atoms with Crippen LogP contribution in [0, 0.1) is 6.92 Å². The molecule has 0 saturated heterocycles. The molecule has 5 nitrogen and oxygen atoms in total. The average molecular weight is 434 g/mol. The molecular formula is C19H14BrClN2O3. The molecule has 0 atom stereocenters. The maximum absolute atomic E-state index is 11.4. The van der Waals surface area contributed by atoms with E-state index in [4.69, 9.17) is 16.0 Å². The van der Waals surface area contributed by atoms with Gasteiger partial charge in [0, 0.05) is 15.1 Å². The van der Waals surface area contributed by atoms with E-state index in [0.717, 1.165) is 11.3 Å². The first-order chi connectivity index (χ1) is 12.5. The van der Waals surface area contributed by atoms with Crippen LogP contribution in [0.1, 0.15) is 21.7 Å². The Morgan fingerprint density at radius 2 is 2.08 bits per heavy atom. The van der Waals surface area contributed by atoms with E-state index in [1.165, 1.54) is 12.3 Å². The summed E-state index contributed by atoms with van der Waals surface area (Å²) >= 11 is 9.35. The second kappa shape index (κ2) is 7.76. The molecule has 1 heterocycles. The summed E-state index contributed by atoms with van der Waals surface area (Å²) in [5.41, 5.74) is 5.26. The van der Waals surface area contributed by atoms with Gasteiger partial charge in [0.05, 0.1) is 17.5 Å². The molecule has 0 unspecified atom stereocenters. The number of halogens is 2. The van der Waals surface area contributed by atoms with Crippen molar-refractivity contribution >= 4 is 45.4 Å². The lowest BCUT2D eigenvalue weighted by molar-refractivity contribution is 0.0697. The van der Waals surface area contributed by atoms with Crippen molar-refractivity contribution in [3.63, 3.8) is 0 Å². The molecule has 2 aromatic carbocycles. The predicted octanol–water partition coefficient (Wildman–Crippen LogP) is 5.82. The van der Waals surface area contributed by atoms with E-state index in [2.05, 4.69) is 26.5 Å². The first kappa shape index (κ1) is 18.2. The number of aromatic carboxylic acids is 1. The Kier molecular flexibility index (Phi) is 5.44. The minimum absolute atomic E-state index is 0.157. The van der Waals surface area contributed by atoms with Crippen LogP contribution in [0.25, 0.3) is 11.3 Å². The number of hydrazone groups is 1. The Morgan fingerprint density at radius 1 is 1.27 bits per heavy atom. The third kappa shape index (κ3) is 3.98. The Hall–Kier alpha value is -2.57. The molecule has 0 fully saturated rings. The van der Waals surface area contributed by atoms with Crippen LogP contribution in [0.3, 0.4) is 0 Å². The van der Waals surface area contributed by atoms with Crippen LogP contribution < -0.4 is 5.43 Å². The van der Waals surface area contributed by atoms with E-state index in [0.29, 0.717) is 26.6 Å². The summed E-state index contributed by atoms with van der Waals surface area (Å²) in [7, 11) is 0. The molecule has 2 N–H and O–H groups in total. The molecule has 0 amide bonds. The molecule has 1 aromatic heterocycles. The Labute approximate surface area is 163 Å². The molecule has 0 aliphatic rings. The van der Waals surface area contributed by atoms with Gasteiger partial charge in [-0.3, -0.25) is 5.43 Å². The first-order valence-electron chi connectivity index (χ1n) is 7.63. The molecule has 26 heavy (non-hydrogen) atoms. The Balaban J connectivity index is 1.80. The van der Waals surface area contributed by atoms with Gasteiger partial charge in [0.2, 0.25) is 0 Å². The number of nitrogens with one attached hydrogen (secondary N) is 1. The second-order valence-corrected chi connectivity index (χ2v) is 6.80. The van der Waals surface area contributed by atoms with Gasteiger partial charge in [-0.2, -0.15) is 5.10 Å². The lowest BCUT2D eigenvalue weighted by Gasteiger charge is -2.05. The van der Waals surface area contributed by atoms with Gasteiger partial charge >= 0.3 is 5.97 Å². The van der Waals surface area contributed by atoms with Crippen LogP contribution in [0.2, 0.25) is 5.02 Å². The third-order valence-electron chi connectivity index (χ3n) is 3.75. The molecule has 0 saturated carbocycles. The molecule has 0 aliphatic carbocycles. The molecule has 0 spiro atoms. The molecule has 7 heteroatoms. The quantitative estimate of drug-likeness (QED) is 0.393. The maximum atomic E-state index is 11.4. The number of carbonyl (C=O) groups is 1. The summed E-state index contributed by atoms with van der Waals surface area (Å²) in [5, 5.41) is 14.2. The van der Waals surface area contributed by atoms with Gasteiger partial charge < -0.3 is 9.52 Å². The zero-order chi connectivity index (χ0) is 18.7. The summed E-state index contributed by atoms with van der Waals surface area (Å²) in [5.74, 6) is -0.0762. The highest BCUT2D eigenvalue weighted by molar-refractivity contribution is 9.10. The smallest absolute Gasteiger partial charge is 0.336 e. The number of anilines is 1. The standard InChI is InChI=1S/C19H14BrClN2O3/c1-11-16(21)3-2-4-17(11)23-22-10-13-6-8-18(26-13)14-7-5-12(20)9-15(14)19(24)25/h2-10,23H,1H3,(H,24,25)/b22-10-. The second-order valence-electron chi connectivity index (χ2n) is 5.48. The van der Waals surface area contributed by atoms with E-state index in [9.17, 15) is 9.90 Å². The van der Waals surface area contributed by atoms with E-state index in [1.807, 2.05) is 25.1 Å². The summed E-state index contributed by atoms with van der Waals surface area (Å²) in [6.45, 7) is 1.89. The number of hydrogen-bond acceptors (Lipinski definition) is 4. The van der Waals surface area contributed by atoms with Gasteiger partial charge in [-0.15, -0.1) is 0 Å². The number of benzene rings is 2. The van der Waals surface area contributed by atoms with Crippen molar-refractivity contribution in [1.29, 1.82) is 0 Å². The van der Waals surface area contributed by atoms with Gasteiger partial charge in [0.15, 0.2) is 0 Å². The van der Waals surface area contributed by atoms with E-state index in [-0.39, 0.29) is 5.56 Å². The topological polar surface area (TPSA) is 74.8 Å². The van der Waals surface area contributed by atoms with Crippen molar-refractivity contribution in [2.45, 2.75) is 6.92 Å². The van der Waals surface area contributed by atoms with Crippen molar-refractivity contribution in [2.24, 2.45) is 5.10 Å². The van der Waals surface area contributed by atoms with Crippen LogP contribution in [0.5, 0.6) is 0 Å². The monoisotopic (exact) mass is 432 g/mol. The van der Waals surface area contributed by atoms with E-state index in [1.54, 1.807) is 24.3 Å². The van der Waals surface area contributed by atoms with Gasteiger partial charge in [0.1, 0.15) is 11.5 Å². The Bertz CT molecular complexity index is 998. The largest absolute Gasteiger partial charge is 0.478 e. The molecule has 0 aliphatic heterocycles. The van der Waals surface area contributed by atoms with Gasteiger partial charge in [-0.1, -0.05) is 33.6 Å². The molecule has 132 valence electrons. The SMILES string of the molecule is Cc1c(Cl)cccc1N/N=C\c1ccc(-c2ccc(Br)cc2C(=O)O)o1. The fourth-order valence-corrected chi connectivity index (χ4v) is 2.90. The number of rotatable bonds is 5. The summed E-state index contributed by atoms with van der Waals surface area (Å²) in [4.78, 5) is 11.4. The molecule has 3 rings (SSSR count). The fourth-order valence-electron chi connectivity index (χ4n) is 2.37. The number of hydrogen-bond donors (Lipinski definition) is 2. The van der Waals surface area contributed by atoms with E-state index < -0.39 is 5.97 Å². The number of nitrogens with zero attached hydrogens (tertiary/aromatic N) is 1. The Morgan fingerprint density at radius 3 is 2.85 bits per heavy atom. The molecule has 3 aromatic rings. The van der Waals surface area contributed by atoms with Crippen molar-refractivity contribution in [1.82, 2.24) is 0 Å². The molecule has 0 bridgehead atoms. The van der Waals surface area contributed by atoms with Crippen molar-refractivity contribution < 1.29 is 14.3 Å². The highest BCUT2D eigenvalue weighted by Crippen LogP contribution is 2.28. The summed E-state index contributed by atoms with van der Waals surface area (Å²) < 4.78 is 6.39. The van der Waals surface area contributed by atoms with Crippen LogP contribution in [-0.2, 0) is 0 Å². The fraction of sp³-hybridized carbons (Fsp3) is 0.0526. The predicted molar refractivity (Wildman–Crippen MR) is 106 cm³/mol.